The Morgan fingerprint density at radius 2 is 1.82 bits per heavy atom. The van der Waals surface area contributed by atoms with Gasteiger partial charge in [-0.15, -0.1) is 10.2 Å². The predicted molar refractivity (Wildman–Crippen MR) is 107 cm³/mol. The number of hydrogen-bond acceptors (Lipinski definition) is 6. The number of carbonyl (C=O) groups is 1. The van der Waals surface area contributed by atoms with Crippen molar-refractivity contribution in [2.24, 2.45) is 0 Å². The Balaban J connectivity index is 1.62. The van der Waals surface area contributed by atoms with Crippen LogP contribution in [0.4, 0.5) is 17.2 Å². The van der Waals surface area contributed by atoms with Gasteiger partial charge >= 0.3 is 0 Å². The van der Waals surface area contributed by atoms with Gasteiger partial charge in [0.05, 0.1) is 17.7 Å². The fourth-order valence-corrected chi connectivity index (χ4v) is 2.42. The first-order chi connectivity index (χ1) is 13.5. The smallest absolute Gasteiger partial charge is 0.276 e. The molecule has 2 aromatic carbocycles. The quantitative estimate of drug-likeness (QED) is 0.674. The van der Waals surface area contributed by atoms with Crippen molar-refractivity contribution in [1.82, 2.24) is 10.2 Å². The molecule has 0 saturated heterocycles. The van der Waals surface area contributed by atoms with Gasteiger partial charge in [-0.1, -0.05) is 6.07 Å². The van der Waals surface area contributed by atoms with Crippen LogP contribution in [0.5, 0.6) is 5.75 Å². The van der Waals surface area contributed by atoms with Crippen LogP contribution in [-0.4, -0.2) is 22.2 Å². The van der Waals surface area contributed by atoms with Gasteiger partial charge in [0, 0.05) is 11.4 Å². The van der Waals surface area contributed by atoms with Gasteiger partial charge in [0.2, 0.25) is 0 Å². The summed E-state index contributed by atoms with van der Waals surface area (Å²) in [6, 6.07) is 19.4. The zero-order valence-electron chi connectivity index (χ0n) is 15.5. The number of nitrogens with zero attached hydrogens (tertiary/aromatic N) is 3. The lowest BCUT2D eigenvalue weighted by Crippen LogP contribution is -2.14. The normalized spacial score (nSPS) is 10.2. The molecule has 0 radical (unpaired) electrons. The van der Waals surface area contributed by atoms with E-state index in [1.54, 1.807) is 36.4 Å². The summed E-state index contributed by atoms with van der Waals surface area (Å²) in [6.07, 6.45) is 0.116. The molecule has 0 fully saturated rings. The van der Waals surface area contributed by atoms with Crippen molar-refractivity contribution in [2.75, 3.05) is 10.6 Å². The fraction of sp³-hybridized carbons (Fsp3) is 0.143. The lowest BCUT2D eigenvalue weighted by atomic mass is 10.2. The van der Waals surface area contributed by atoms with E-state index in [4.69, 9.17) is 10.00 Å². The van der Waals surface area contributed by atoms with Crippen molar-refractivity contribution >= 4 is 23.1 Å². The third kappa shape index (κ3) is 5.05. The SMILES string of the molecule is CC(C)Oc1ccc(Nc2ccc(C(=O)Nc3cccc(C#N)c3)nn2)cc1. The van der Waals surface area contributed by atoms with Crippen molar-refractivity contribution in [3.05, 3.63) is 71.9 Å². The van der Waals surface area contributed by atoms with E-state index in [1.165, 1.54) is 0 Å². The largest absolute Gasteiger partial charge is 0.491 e. The van der Waals surface area contributed by atoms with Gasteiger partial charge in [-0.05, 0) is 68.4 Å². The molecule has 0 aliphatic rings. The molecule has 0 unspecified atom stereocenters. The molecule has 140 valence electrons. The average molecular weight is 373 g/mol. The average Bonchev–Trinajstić information content (AvgIpc) is 2.70. The molecule has 7 heteroatoms. The van der Waals surface area contributed by atoms with E-state index in [2.05, 4.69) is 20.8 Å². The van der Waals surface area contributed by atoms with Crippen molar-refractivity contribution in [1.29, 1.82) is 5.26 Å². The minimum atomic E-state index is -0.399. The first kappa shape index (κ1) is 18.9. The van der Waals surface area contributed by atoms with Gasteiger partial charge in [-0.3, -0.25) is 4.79 Å². The van der Waals surface area contributed by atoms with Crippen molar-refractivity contribution in [2.45, 2.75) is 20.0 Å². The summed E-state index contributed by atoms with van der Waals surface area (Å²) in [5, 5.41) is 22.7. The van der Waals surface area contributed by atoms with Gasteiger partial charge in [0.25, 0.3) is 5.91 Å². The van der Waals surface area contributed by atoms with Crippen molar-refractivity contribution in [3.63, 3.8) is 0 Å². The summed E-state index contributed by atoms with van der Waals surface area (Å²) >= 11 is 0. The number of amides is 1. The van der Waals surface area contributed by atoms with E-state index >= 15 is 0 Å². The summed E-state index contributed by atoms with van der Waals surface area (Å²) in [7, 11) is 0. The summed E-state index contributed by atoms with van der Waals surface area (Å²) < 4.78 is 5.61. The van der Waals surface area contributed by atoms with Gasteiger partial charge < -0.3 is 15.4 Å². The highest BCUT2D eigenvalue weighted by molar-refractivity contribution is 6.02. The highest BCUT2D eigenvalue weighted by Crippen LogP contribution is 2.19. The molecular weight excluding hydrogens is 354 g/mol. The zero-order valence-corrected chi connectivity index (χ0v) is 15.5. The third-order valence-electron chi connectivity index (χ3n) is 3.65. The second-order valence-corrected chi connectivity index (χ2v) is 6.27. The van der Waals surface area contributed by atoms with Crippen LogP contribution in [0, 0.1) is 11.3 Å². The van der Waals surface area contributed by atoms with Crippen LogP contribution in [-0.2, 0) is 0 Å². The van der Waals surface area contributed by atoms with Gasteiger partial charge in [0.1, 0.15) is 5.75 Å². The second-order valence-electron chi connectivity index (χ2n) is 6.27. The predicted octanol–water partition coefficient (Wildman–Crippen LogP) is 4.13. The maximum atomic E-state index is 12.3. The molecule has 3 rings (SSSR count). The molecule has 28 heavy (non-hydrogen) atoms. The fourth-order valence-electron chi connectivity index (χ4n) is 2.42. The first-order valence-corrected chi connectivity index (χ1v) is 8.72. The third-order valence-corrected chi connectivity index (χ3v) is 3.65. The van der Waals surface area contributed by atoms with Gasteiger partial charge in [-0.25, -0.2) is 0 Å². The number of hydrogen-bond donors (Lipinski definition) is 2. The number of ether oxygens (including phenoxy) is 1. The number of aromatic nitrogens is 2. The molecule has 1 heterocycles. The second kappa shape index (κ2) is 8.64. The van der Waals surface area contributed by atoms with Crippen LogP contribution in [0.25, 0.3) is 0 Å². The zero-order chi connectivity index (χ0) is 19.9. The molecule has 2 N–H and O–H groups in total. The van der Waals surface area contributed by atoms with Crippen molar-refractivity contribution < 1.29 is 9.53 Å². The Labute approximate surface area is 163 Å². The molecule has 0 saturated carbocycles. The van der Waals surface area contributed by atoms with Gasteiger partial charge in [0.15, 0.2) is 11.5 Å². The first-order valence-electron chi connectivity index (χ1n) is 8.72. The highest BCUT2D eigenvalue weighted by Gasteiger charge is 2.09. The van der Waals surface area contributed by atoms with E-state index in [1.807, 2.05) is 44.2 Å². The van der Waals surface area contributed by atoms with Gasteiger partial charge in [-0.2, -0.15) is 5.26 Å². The molecule has 1 aromatic heterocycles. The molecule has 0 atom stereocenters. The summed E-state index contributed by atoms with van der Waals surface area (Å²) in [4.78, 5) is 12.3. The van der Waals surface area contributed by atoms with E-state index in [0.717, 1.165) is 11.4 Å². The van der Waals surface area contributed by atoms with E-state index in [-0.39, 0.29) is 11.8 Å². The monoisotopic (exact) mass is 373 g/mol. The van der Waals surface area contributed by atoms with Crippen LogP contribution >= 0.6 is 0 Å². The van der Waals surface area contributed by atoms with Crippen LogP contribution in [0.3, 0.4) is 0 Å². The molecule has 3 aromatic rings. The number of anilines is 3. The topological polar surface area (TPSA) is 99.9 Å². The van der Waals surface area contributed by atoms with Crippen LogP contribution < -0.4 is 15.4 Å². The maximum Gasteiger partial charge on any atom is 0.276 e. The van der Waals surface area contributed by atoms with E-state index in [9.17, 15) is 4.79 Å². The Morgan fingerprint density at radius 1 is 1.04 bits per heavy atom. The van der Waals surface area contributed by atoms with E-state index in [0.29, 0.717) is 17.1 Å². The Hall–Kier alpha value is -3.92. The van der Waals surface area contributed by atoms with Crippen LogP contribution in [0.15, 0.2) is 60.7 Å². The minimum absolute atomic E-state index is 0.116. The number of carbonyl (C=O) groups excluding carboxylic acids is 1. The summed E-state index contributed by atoms with van der Waals surface area (Å²) in [6.45, 7) is 3.94. The van der Waals surface area contributed by atoms with Crippen LogP contribution in [0.2, 0.25) is 0 Å². The highest BCUT2D eigenvalue weighted by atomic mass is 16.5. The lowest BCUT2D eigenvalue weighted by molar-refractivity contribution is 0.102. The summed E-state index contributed by atoms with van der Waals surface area (Å²) in [5.41, 5.74) is 1.99. The Kier molecular flexibility index (Phi) is 5.82. The summed E-state index contributed by atoms with van der Waals surface area (Å²) in [5.74, 6) is 0.906. The van der Waals surface area contributed by atoms with E-state index < -0.39 is 5.91 Å². The number of benzene rings is 2. The molecule has 1 amide bonds. The number of rotatable bonds is 6. The number of nitriles is 1. The number of nitrogens with one attached hydrogen (secondary N) is 2. The molecule has 7 nitrogen and oxygen atoms in total. The maximum absolute atomic E-state index is 12.3. The molecule has 0 aliphatic heterocycles. The Morgan fingerprint density at radius 3 is 2.46 bits per heavy atom. The Bertz CT molecular complexity index is 993. The van der Waals surface area contributed by atoms with Crippen LogP contribution in [0.1, 0.15) is 29.9 Å². The molecular formula is C21H19N5O2. The minimum Gasteiger partial charge on any atom is -0.491 e. The lowest BCUT2D eigenvalue weighted by Gasteiger charge is -2.11. The molecule has 0 spiro atoms. The standard InChI is InChI=1S/C21H19N5O2/c1-14(2)28-18-8-6-16(7-9-18)23-20-11-10-19(25-26-20)21(27)24-17-5-3-4-15(12-17)13-22/h3-12,14H,1-2H3,(H,23,26)(H,24,27). The van der Waals surface area contributed by atoms with Crippen molar-refractivity contribution in [3.8, 4) is 11.8 Å². The molecule has 0 bridgehead atoms. The molecule has 0 aliphatic carbocycles.